The van der Waals surface area contributed by atoms with Gasteiger partial charge in [0.2, 0.25) is 0 Å². The van der Waals surface area contributed by atoms with E-state index in [9.17, 15) is 14.7 Å². The fraction of sp³-hybridized carbons (Fsp3) is 0.556. The van der Waals surface area contributed by atoms with Gasteiger partial charge in [0.25, 0.3) is 0 Å². The Hall–Kier alpha value is -1.84. The van der Waals surface area contributed by atoms with Crippen LogP contribution < -0.4 is 0 Å². The van der Waals surface area contributed by atoms with E-state index in [0.717, 1.165) is 24.8 Å². The van der Waals surface area contributed by atoms with E-state index in [-0.39, 0.29) is 5.97 Å². The van der Waals surface area contributed by atoms with Crippen LogP contribution in [-0.2, 0) is 14.9 Å². The third-order valence-electron chi connectivity index (χ3n) is 4.19. The van der Waals surface area contributed by atoms with Gasteiger partial charge in [0.05, 0.1) is 11.0 Å². The highest BCUT2D eigenvalue weighted by Gasteiger charge is 2.41. The van der Waals surface area contributed by atoms with Crippen molar-refractivity contribution in [1.29, 1.82) is 0 Å². The van der Waals surface area contributed by atoms with Crippen LogP contribution in [0.2, 0.25) is 0 Å². The van der Waals surface area contributed by atoms with Crippen molar-refractivity contribution in [2.75, 3.05) is 0 Å². The number of carbonyl (C=O) groups is 2. The lowest BCUT2D eigenvalue weighted by Gasteiger charge is -2.33. The maximum Gasteiger partial charge on any atom is 0.338 e. The minimum absolute atomic E-state index is 0.382. The molecule has 1 saturated carbocycles. The minimum atomic E-state index is -0.801. The first kappa shape index (κ1) is 16.5. The summed E-state index contributed by atoms with van der Waals surface area (Å²) in [7, 11) is 0. The molecule has 0 bridgehead atoms. The molecule has 0 unspecified atom stereocenters. The van der Waals surface area contributed by atoms with Gasteiger partial charge in [-0.1, -0.05) is 31.4 Å². The van der Waals surface area contributed by atoms with Crippen LogP contribution in [-0.4, -0.2) is 22.6 Å². The van der Waals surface area contributed by atoms with Crippen molar-refractivity contribution in [3.8, 4) is 0 Å². The molecule has 0 aromatic heterocycles. The number of esters is 1. The van der Waals surface area contributed by atoms with Crippen LogP contribution in [0.5, 0.6) is 0 Å². The summed E-state index contributed by atoms with van der Waals surface area (Å²) in [5.74, 6) is -1.15. The molecular formula is C18H24O4. The number of ether oxygens (including phenoxy) is 1. The van der Waals surface area contributed by atoms with Gasteiger partial charge in [0.1, 0.15) is 5.60 Å². The van der Waals surface area contributed by atoms with Gasteiger partial charge >= 0.3 is 11.9 Å². The Kier molecular flexibility index (Phi) is 4.59. The van der Waals surface area contributed by atoms with Crippen molar-refractivity contribution in [3.63, 3.8) is 0 Å². The number of rotatable bonds is 3. The minimum Gasteiger partial charge on any atom is -0.481 e. The molecule has 1 aliphatic rings. The van der Waals surface area contributed by atoms with Crippen molar-refractivity contribution < 1.29 is 19.4 Å². The molecule has 120 valence electrons. The third-order valence-corrected chi connectivity index (χ3v) is 4.19. The normalized spacial score (nSPS) is 17.8. The summed E-state index contributed by atoms with van der Waals surface area (Å²) in [6.07, 6.45) is 4.27. The molecule has 0 aliphatic heterocycles. The number of aliphatic carboxylic acids is 1. The lowest BCUT2D eigenvalue weighted by Crippen LogP contribution is -2.37. The molecule has 2 rings (SSSR count). The van der Waals surface area contributed by atoms with Crippen LogP contribution >= 0.6 is 0 Å². The smallest absolute Gasteiger partial charge is 0.338 e. The second-order valence-electron chi connectivity index (χ2n) is 7.03. The monoisotopic (exact) mass is 304 g/mol. The maximum absolute atomic E-state index is 12.0. The Balaban J connectivity index is 2.24. The molecule has 1 aromatic carbocycles. The van der Waals surface area contributed by atoms with Crippen LogP contribution in [0.15, 0.2) is 24.3 Å². The van der Waals surface area contributed by atoms with E-state index in [2.05, 4.69) is 0 Å². The zero-order valence-corrected chi connectivity index (χ0v) is 13.5. The molecule has 1 fully saturated rings. The molecule has 0 spiro atoms. The lowest BCUT2D eigenvalue weighted by molar-refractivity contribution is -0.145. The highest BCUT2D eigenvalue weighted by Crippen LogP contribution is 2.39. The topological polar surface area (TPSA) is 63.6 Å². The van der Waals surface area contributed by atoms with Crippen molar-refractivity contribution in [1.82, 2.24) is 0 Å². The van der Waals surface area contributed by atoms with Gasteiger partial charge in [-0.2, -0.15) is 0 Å². The lowest BCUT2D eigenvalue weighted by atomic mass is 9.69. The number of benzene rings is 1. The second kappa shape index (κ2) is 6.11. The van der Waals surface area contributed by atoms with E-state index in [1.165, 1.54) is 0 Å². The molecule has 4 heteroatoms. The first-order valence-corrected chi connectivity index (χ1v) is 7.82. The standard InChI is InChI=1S/C18H24O4/c1-17(2,3)22-15(19)13-7-9-14(10-8-13)18(16(20)21)11-5-4-6-12-18/h7-10H,4-6,11-12H2,1-3H3,(H,20,21). The van der Waals surface area contributed by atoms with Gasteiger partial charge in [-0.05, 0) is 51.3 Å². The molecule has 0 radical (unpaired) electrons. The van der Waals surface area contributed by atoms with Crippen molar-refractivity contribution in [2.24, 2.45) is 0 Å². The van der Waals surface area contributed by atoms with Gasteiger partial charge in [-0.25, -0.2) is 4.79 Å². The summed E-state index contributed by atoms with van der Waals surface area (Å²) in [6.45, 7) is 5.46. The molecule has 0 atom stereocenters. The summed E-state index contributed by atoms with van der Waals surface area (Å²) in [5.41, 5.74) is -0.103. The molecule has 4 nitrogen and oxygen atoms in total. The molecule has 0 saturated heterocycles. The van der Waals surface area contributed by atoms with Crippen LogP contribution in [0.3, 0.4) is 0 Å². The highest BCUT2D eigenvalue weighted by molar-refractivity contribution is 5.90. The Morgan fingerprint density at radius 3 is 2.05 bits per heavy atom. The van der Waals surface area contributed by atoms with Gasteiger partial charge in [0, 0.05) is 0 Å². The van der Waals surface area contributed by atoms with E-state index >= 15 is 0 Å². The second-order valence-corrected chi connectivity index (χ2v) is 7.03. The van der Waals surface area contributed by atoms with E-state index in [1.54, 1.807) is 24.3 Å². The quantitative estimate of drug-likeness (QED) is 0.859. The number of carboxylic acid groups (broad SMARTS) is 1. The zero-order chi connectivity index (χ0) is 16.4. The zero-order valence-electron chi connectivity index (χ0n) is 13.5. The average Bonchev–Trinajstić information content (AvgIpc) is 2.46. The molecule has 22 heavy (non-hydrogen) atoms. The van der Waals surface area contributed by atoms with E-state index in [4.69, 9.17) is 4.74 Å². The molecule has 1 aliphatic carbocycles. The largest absolute Gasteiger partial charge is 0.481 e. The van der Waals surface area contributed by atoms with Gasteiger partial charge < -0.3 is 9.84 Å². The maximum atomic E-state index is 12.0. The summed E-state index contributed by atoms with van der Waals surface area (Å²) in [6, 6.07) is 6.86. The van der Waals surface area contributed by atoms with Gasteiger partial charge in [-0.15, -0.1) is 0 Å². The van der Waals surface area contributed by atoms with E-state index in [1.807, 2.05) is 20.8 Å². The summed E-state index contributed by atoms with van der Waals surface area (Å²) >= 11 is 0. The average molecular weight is 304 g/mol. The summed E-state index contributed by atoms with van der Waals surface area (Å²) < 4.78 is 5.33. The van der Waals surface area contributed by atoms with Crippen molar-refractivity contribution in [2.45, 2.75) is 63.9 Å². The fourth-order valence-corrected chi connectivity index (χ4v) is 3.04. The first-order valence-electron chi connectivity index (χ1n) is 7.82. The Bertz CT molecular complexity index is 545. The van der Waals surface area contributed by atoms with Crippen LogP contribution in [0.25, 0.3) is 0 Å². The predicted molar refractivity (Wildman–Crippen MR) is 84.0 cm³/mol. The van der Waals surface area contributed by atoms with Gasteiger partial charge in [0.15, 0.2) is 0 Å². The van der Waals surface area contributed by atoms with Crippen molar-refractivity contribution >= 4 is 11.9 Å². The Labute approximate surface area is 131 Å². The number of hydrogen-bond acceptors (Lipinski definition) is 3. The summed E-state index contributed by atoms with van der Waals surface area (Å²) in [4.78, 5) is 23.8. The van der Waals surface area contributed by atoms with Crippen LogP contribution in [0.4, 0.5) is 0 Å². The SMILES string of the molecule is CC(C)(C)OC(=O)c1ccc(C2(C(=O)O)CCCCC2)cc1. The molecular weight excluding hydrogens is 280 g/mol. The Morgan fingerprint density at radius 1 is 1.05 bits per heavy atom. The number of carboxylic acids is 1. The molecule has 1 aromatic rings. The highest BCUT2D eigenvalue weighted by atomic mass is 16.6. The number of hydrogen-bond donors (Lipinski definition) is 1. The van der Waals surface area contributed by atoms with Crippen molar-refractivity contribution in [3.05, 3.63) is 35.4 Å². The Morgan fingerprint density at radius 2 is 1.59 bits per heavy atom. The van der Waals surface area contributed by atoms with Crippen LogP contribution in [0, 0.1) is 0 Å². The van der Waals surface area contributed by atoms with E-state index < -0.39 is 17.0 Å². The number of carbonyl (C=O) groups excluding carboxylic acids is 1. The van der Waals surface area contributed by atoms with E-state index in [0.29, 0.717) is 18.4 Å². The molecule has 0 heterocycles. The van der Waals surface area contributed by atoms with Crippen LogP contribution in [0.1, 0.15) is 68.8 Å². The first-order chi connectivity index (χ1) is 10.2. The third kappa shape index (κ3) is 3.49. The summed E-state index contributed by atoms with van der Waals surface area (Å²) in [5, 5.41) is 9.68. The molecule has 1 N–H and O–H groups in total. The molecule has 0 amide bonds. The fourth-order valence-electron chi connectivity index (χ4n) is 3.04. The van der Waals surface area contributed by atoms with Gasteiger partial charge in [-0.3, -0.25) is 4.79 Å². The predicted octanol–water partition coefficient (Wildman–Crippen LogP) is 3.93.